The number of nitrogens with two attached hydrogens (primary N) is 1. The first-order valence-corrected chi connectivity index (χ1v) is 12.1. The maximum absolute atomic E-state index is 13.8. The summed E-state index contributed by atoms with van der Waals surface area (Å²) in [6.45, 7) is 4.53. The third kappa shape index (κ3) is 5.32. The van der Waals surface area contributed by atoms with Crippen LogP contribution in [0.4, 0.5) is 18.9 Å². The third-order valence-electron chi connectivity index (χ3n) is 7.14. The molecule has 35 heavy (non-hydrogen) atoms. The minimum absolute atomic E-state index is 0.00153. The lowest BCUT2D eigenvalue weighted by atomic mass is 9.76. The summed E-state index contributed by atoms with van der Waals surface area (Å²) in [5.74, 6) is 1.98. The number of nitrogens with one attached hydrogen (secondary N) is 2. The molecule has 0 unspecified atom stereocenters. The average molecular weight is 488 g/mol. The van der Waals surface area contributed by atoms with Crippen LogP contribution in [0.2, 0.25) is 0 Å². The Bertz CT molecular complexity index is 1150. The molecule has 1 heterocycles. The van der Waals surface area contributed by atoms with E-state index in [1.165, 1.54) is 4.68 Å². The highest BCUT2D eigenvalue weighted by molar-refractivity contribution is 5.99. The molecule has 0 aliphatic heterocycles. The minimum atomic E-state index is -4.54. The second kappa shape index (κ2) is 9.57. The normalized spacial score (nSPS) is 21.7. The van der Waals surface area contributed by atoms with Gasteiger partial charge in [-0.3, -0.25) is 4.79 Å². The maximum Gasteiger partial charge on any atom is 0.435 e. The summed E-state index contributed by atoms with van der Waals surface area (Å²) in [5, 5.41) is 10.8. The van der Waals surface area contributed by atoms with Crippen molar-refractivity contribution in [2.75, 3.05) is 11.9 Å². The zero-order chi connectivity index (χ0) is 25.4. The van der Waals surface area contributed by atoms with Gasteiger partial charge in [-0.1, -0.05) is 32.6 Å². The van der Waals surface area contributed by atoms with Gasteiger partial charge in [0.15, 0.2) is 5.69 Å². The van der Waals surface area contributed by atoms with E-state index >= 15 is 0 Å². The monoisotopic (exact) mass is 487 g/mol. The SMILES string of the molecule is C#CCN[C@H]1CCCC[C@@H]1Nc1cc(-n2nc(C(F)(F)F)c3c2CC(C)(C)CC3)ccc1C(N)=O. The van der Waals surface area contributed by atoms with Gasteiger partial charge in [0.2, 0.25) is 0 Å². The second-order valence-corrected chi connectivity index (χ2v) is 10.3. The van der Waals surface area contributed by atoms with E-state index in [-0.39, 0.29) is 28.6 Å². The van der Waals surface area contributed by atoms with Crippen molar-refractivity contribution in [1.29, 1.82) is 0 Å². The number of aromatic nitrogens is 2. The van der Waals surface area contributed by atoms with Crippen molar-refractivity contribution in [2.45, 2.75) is 77.1 Å². The largest absolute Gasteiger partial charge is 0.435 e. The van der Waals surface area contributed by atoms with Gasteiger partial charge in [0.1, 0.15) is 0 Å². The highest BCUT2D eigenvalue weighted by atomic mass is 19.4. The van der Waals surface area contributed by atoms with E-state index in [0.717, 1.165) is 25.7 Å². The van der Waals surface area contributed by atoms with E-state index < -0.39 is 17.8 Å². The first kappa shape index (κ1) is 25.1. The van der Waals surface area contributed by atoms with Gasteiger partial charge in [-0.05, 0) is 55.7 Å². The Morgan fingerprint density at radius 3 is 2.66 bits per heavy atom. The molecular formula is C26H32F3N5O. The number of benzene rings is 1. The molecule has 2 aromatic rings. The maximum atomic E-state index is 13.8. The summed E-state index contributed by atoms with van der Waals surface area (Å²) >= 11 is 0. The number of hydrogen-bond acceptors (Lipinski definition) is 4. The highest BCUT2D eigenvalue weighted by Crippen LogP contribution is 2.42. The van der Waals surface area contributed by atoms with Crippen molar-refractivity contribution in [3.05, 3.63) is 40.7 Å². The molecule has 2 aliphatic carbocycles. The summed E-state index contributed by atoms with van der Waals surface area (Å²) in [4.78, 5) is 12.2. The van der Waals surface area contributed by atoms with Gasteiger partial charge < -0.3 is 16.4 Å². The molecule has 2 atom stereocenters. The fourth-order valence-corrected chi connectivity index (χ4v) is 5.31. The van der Waals surface area contributed by atoms with E-state index in [9.17, 15) is 18.0 Å². The molecule has 4 rings (SSSR count). The smallest absolute Gasteiger partial charge is 0.380 e. The Kier molecular flexibility index (Phi) is 6.87. The van der Waals surface area contributed by atoms with Crippen LogP contribution in [0.5, 0.6) is 0 Å². The molecule has 1 saturated carbocycles. The molecule has 0 radical (unpaired) electrons. The molecule has 1 aromatic carbocycles. The topological polar surface area (TPSA) is 85.0 Å². The minimum Gasteiger partial charge on any atom is -0.380 e. The number of fused-ring (bicyclic) bond motifs is 1. The molecule has 188 valence electrons. The predicted molar refractivity (Wildman–Crippen MR) is 129 cm³/mol. The van der Waals surface area contributed by atoms with Crippen LogP contribution in [0, 0.1) is 17.8 Å². The molecule has 2 aliphatic rings. The summed E-state index contributed by atoms with van der Waals surface area (Å²) in [7, 11) is 0. The van der Waals surface area contributed by atoms with Crippen LogP contribution in [0.25, 0.3) is 5.69 Å². The van der Waals surface area contributed by atoms with Crippen LogP contribution in [-0.2, 0) is 19.0 Å². The van der Waals surface area contributed by atoms with Crippen molar-refractivity contribution in [3.8, 4) is 18.0 Å². The number of nitrogens with zero attached hydrogens (tertiary/aromatic N) is 2. The number of hydrogen-bond donors (Lipinski definition) is 3. The zero-order valence-corrected chi connectivity index (χ0v) is 20.1. The lowest BCUT2D eigenvalue weighted by Crippen LogP contribution is -2.46. The number of anilines is 1. The Balaban J connectivity index is 1.76. The lowest BCUT2D eigenvalue weighted by Gasteiger charge is -2.34. The van der Waals surface area contributed by atoms with Crippen molar-refractivity contribution in [3.63, 3.8) is 0 Å². The zero-order valence-electron chi connectivity index (χ0n) is 20.1. The number of amides is 1. The van der Waals surface area contributed by atoms with Crippen LogP contribution >= 0.6 is 0 Å². The Hall–Kier alpha value is -2.99. The van der Waals surface area contributed by atoms with Crippen LogP contribution < -0.4 is 16.4 Å². The van der Waals surface area contributed by atoms with E-state index in [1.807, 2.05) is 0 Å². The Labute approximate surface area is 203 Å². The molecule has 0 spiro atoms. The highest BCUT2D eigenvalue weighted by Gasteiger charge is 2.42. The van der Waals surface area contributed by atoms with Gasteiger partial charge in [-0.25, -0.2) is 4.68 Å². The second-order valence-electron chi connectivity index (χ2n) is 10.3. The summed E-state index contributed by atoms with van der Waals surface area (Å²) in [6.07, 6.45) is 6.24. The molecular weight excluding hydrogens is 455 g/mol. The number of rotatable bonds is 6. The fraction of sp³-hybridized carbons (Fsp3) is 0.538. The number of terminal acetylenes is 1. The molecule has 0 saturated heterocycles. The standard InChI is InChI=1S/C26H32F3N5O/c1-4-13-31-19-7-5-6-8-20(19)32-21-14-16(9-10-17(21)24(30)35)34-22-15-25(2,3)12-11-18(22)23(33-34)26(27,28)29/h1,9-10,14,19-20,31-32H,5-8,11-13,15H2,2-3H3,(H2,30,35)/t19-,20-/m0/s1. The Morgan fingerprint density at radius 1 is 1.29 bits per heavy atom. The van der Waals surface area contributed by atoms with E-state index in [1.54, 1.807) is 18.2 Å². The van der Waals surface area contributed by atoms with Gasteiger partial charge >= 0.3 is 6.18 Å². The molecule has 1 fully saturated rings. The van der Waals surface area contributed by atoms with Gasteiger partial charge in [-0.15, -0.1) is 6.42 Å². The van der Waals surface area contributed by atoms with Gasteiger partial charge in [0, 0.05) is 29.0 Å². The number of halogens is 3. The van der Waals surface area contributed by atoms with Crippen LogP contribution in [0.3, 0.4) is 0 Å². The third-order valence-corrected chi connectivity index (χ3v) is 7.14. The predicted octanol–water partition coefficient (Wildman–Crippen LogP) is 4.45. The molecule has 0 bridgehead atoms. The van der Waals surface area contributed by atoms with E-state index in [4.69, 9.17) is 12.2 Å². The van der Waals surface area contributed by atoms with Crippen LogP contribution in [-0.4, -0.2) is 34.3 Å². The summed E-state index contributed by atoms with van der Waals surface area (Å²) in [5.41, 5.74) is 6.73. The van der Waals surface area contributed by atoms with Gasteiger partial charge in [0.25, 0.3) is 5.91 Å². The molecule has 1 amide bonds. The van der Waals surface area contributed by atoms with E-state index in [0.29, 0.717) is 42.9 Å². The van der Waals surface area contributed by atoms with Crippen LogP contribution in [0.1, 0.15) is 73.3 Å². The van der Waals surface area contributed by atoms with Crippen molar-refractivity contribution >= 4 is 11.6 Å². The molecule has 9 heteroatoms. The Morgan fingerprint density at radius 2 is 2.00 bits per heavy atom. The number of primary amides is 1. The average Bonchev–Trinajstić information content (AvgIpc) is 3.16. The van der Waals surface area contributed by atoms with Crippen molar-refractivity contribution < 1.29 is 18.0 Å². The van der Waals surface area contributed by atoms with Gasteiger partial charge in [-0.2, -0.15) is 18.3 Å². The van der Waals surface area contributed by atoms with Gasteiger partial charge in [0.05, 0.1) is 17.8 Å². The number of carbonyl (C=O) groups excluding carboxylic acids is 1. The number of alkyl halides is 3. The number of carbonyl (C=O) groups is 1. The van der Waals surface area contributed by atoms with E-state index in [2.05, 4.69) is 35.5 Å². The summed E-state index contributed by atoms with van der Waals surface area (Å²) < 4.78 is 42.9. The quantitative estimate of drug-likeness (QED) is 0.526. The fourth-order valence-electron chi connectivity index (χ4n) is 5.31. The first-order valence-electron chi connectivity index (χ1n) is 12.1. The van der Waals surface area contributed by atoms with Crippen molar-refractivity contribution in [2.24, 2.45) is 11.1 Å². The first-order chi connectivity index (χ1) is 16.5. The molecule has 4 N–H and O–H groups in total. The van der Waals surface area contributed by atoms with Crippen LogP contribution in [0.15, 0.2) is 18.2 Å². The van der Waals surface area contributed by atoms with Crippen molar-refractivity contribution in [1.82, 2.24) is 15.1 Å². The molecule has 1 aromatic heterocycles. The lowest BCUT2D eigenvalue weighted by molar-refractivity contribution is -0.142. The summed E-state index contributed by atoms with van der Waals surface area (Å²) in [6, 6.07) is 4.96. The molecule has 6 nitrogen and oxygen atoms in total.